The van der Waals surface area contributed by atoms with Crippen molar-refractivity contribution in [2.24, 2.45) is 0 Å². The summed E-state index contributed by atoms with van der Waals surface area (Å²) in [6.45, 7) is 1.17. The third-order valence-electron chi connectivity index (χ3n) is 3.42. The number of aliphatic hydroxyl groups is 1. The molecule has 0 aromatic heterocycles. The number of amides is 2. The van der Waals surface area contributed by atoms with Crippen molar-refractivity contribution in [2.45, 2.75) is 25.7 Å². The Labute approximate surface area is 124 Å². The lowest BCUT2D eigenvalue weighted by Crippen LogP contribution is -2.35. The molecule has 1 heterocycles. The number of likely N-dealkylation sites (tertiary alicyclic amines) is 1. The van der Waals surface area contributed by atoms with Gasteiger partial charge in [0.1, 0.15) is 12.4 Å². The predicted octanol–water partition coefficient (Wildman–Crippen LogP) is 2.58. The minimum absolute atomic E-state index is 0.185. The fourth-order valence-electron chi connectivity index (χ4n) is 2.33. The SMILES string of the molecule is O=C(Nc1ccc(F)cc1C#CCO)N1CCCCCC1. The molecule has 5 heteroatoms. The minimum atomic E-state index is -0.426. The molecule has 0 spiro atoms. The largest absolute Gasteiger partial charge is 0.384 e. The second-order valence-electron chi connectivity index (χ2n) is 4.98. The third kappa shape index (κ3) is 4.47. The second-order valence-corrected chi connectivity index (χ2v) is 4.98. The summed E-state index contributed by atoms with van der Waals surface area (Å²) in [6.07, 6.45) is 4.31. The van der Waals surface area contributed by atoms with Gasteiger partial charge in [0.25, 0.3) is 0 Å². The molecule has 1 aromatic carbocycles. The maximum atomic E-state index is 13.3. The van der Waals surface area contributed by atoms with Gasteiger partial charge in [-0.15, -0.1) is 0 Å². The molecule has 1 aliphatic heterocycles. The number of nitrogens with zero attached hydrogens (tertiary/aromatic N) is 1. The van der Waals surface area contributed by atoms with Crippen LogP contribution in [0, 0.1) is 17.7 Å². The molecule has 1 aromatic rings. The second kappa shape index (κ2) is 7.65. The zero-order chi connectivity index (χ0) is 15.1. The number of aliphatic hydroxyl groups excluding tert-OH is 1. The highest BCUT2D eigenvalue weighted by Gasteiger charge is 2.16. The van der Waals surface area contributed by atoms with E-state index in [1.165, 1.54) is 18.2 Å². The quantitative estimate of drug-likeness (QED) is 0.781. The van der Waals surface area contributed by atoms with Crippen LogP contribution in [0.2, 0.25) is 0 Å². The number of rotatable bonds is 1. The third-order valence-corrected chi connectivity index (χ3v) is 3.42. The zero-order valence-corrected chi connectivity index (χ0v) is 11.9. The first-order chi connectivity index (χ1) is 10.2. The van der Waals surface area contributed by atoms with Gasteiger partial charge in [0.2, 0.25) is 0 Å². The molecule has 0 unspecified atom stereocenters. The van der Waals surface area contributed by atoms with Gasteiger partial charge in [-0.3, -0.25) is 0 Å². The number of carbonyl (C=O) groups excluding carboxylic acids is 1. The smallest absolute Gasteiger partial charge is 0.321 e. The van der Waals surface area contributed by atoms with Gasteiger partial charge in [-0.1, -0.05) is 24.7 Å². The number of anilines is 1. The van der Waals surface area contributed by atoms with Crippen molar-refractivity contribution in [2.75, 3.05) is 25.0 Å². The summed E-state index contributed by atoms with van der Waals surface area (Å²) in [5.74, 6) is 4.69. The first-order valence-corrected chi connectivity index (χ1v) is 7.16. The average molecular weight is 290 g/mol. The molecule has 0 aliphatic carbocycles. The standard InChI is InChI=1S/C16H19FN2O2/c17-14-7-8-15(13(12-14)6-5-11-20)18-16(21)19-9-3-1-2-4-10-19/h7-8,12,20H,1-4,9-11H2,(H,18,21). The number of carbonyl (C=O) groups is 1. The zero-order valence-electron chi connectivity index (χ0n) is 11.9. The Kier molecular flexibility index (Phi) is 5.59. The molecule has 1 saturated heterocycles. The first kappa shape index (κ1) is 15.3. The van der Waals surface area contributed by atoms with Gasteiger partial charge >= 0.3 is 6.03 Å². The van der Waals surface area contributed by atoms with Crippen LogP contribution in [0.4, 0.5) is 14.9 Å². The molecule has 0 atom stereocenters. The lowest BCUT2D eigenvalue weighted by Gasteiger charge is -2.21. The van der Waals surface area contributed by atoms with Crippen LogP contribution >= 0.6 is 0 Å². The van der Waals surface area contributed by atoms with Crippen LogP contribution in [0.3, 0.4) is 0 Å². The summed E-state index contributed by atoms with van der Waals surface area (Å²) in [7, 11) is 0. The number of nitrogens with one attached hydrogen (secondary N) is 1. The Morgan fingerprint density at radius 3 is 2.67 bits per heavy atom. The fourth-order valence-corrected chi connectivity index (χ4v) is 2.33. The van der Waals surface area contributed by atoms with E-state index in [-0.39, 0.29) is 12.6 Å². The number of benzene rings is 1. The van der Waals surface area contributed by atoms with Crippen molar-refractivity contribution in [3.8, 4) is 11.8 Å². The molecule has 2 rings (SSSR count). The number of urea groups is 1. The Morgan fingerprint density at radius 2 is 2.00 bits per heavy atom. The van der Waals surface area contributed by atoms with Crippen LogP contribution < -0.4 is 5.32 Å². The monoisotopic (exact) mass is 290 g/mol. The molecule has 1 aliphatic rings. The van der Waals surface area contributed by atoms with Crippen LogP contribution in [-0.2, 0) is 0 Å². The molecular weight excluding hydrogens is 271 g/mol. The molecular formula is C16H19FN2O2. The van der Waals surface area contributed by atoms with E-state index in [9.17, 15) is 9.18 Å². The Bertz CT molecular complexity index is 555. The van der Waals surface area contributed by atoms with E-state index in [2.05, 4.69) is 17.2 Å². The molecule has 112 valence electrons. The number of hydrogen-bond donors (Lipinski definition) is 2. The van der Waals surface area contributed by atoms with Gasteiger partial charge in [0, 0.05) is 13.1 Å². The van der Waals surface area contributed by atoms with E-state index in [1.807, 2.05) is 0 Å². The lowest BCUT2D eigenvalue weighted by molar-refractivity contribution is 0.214. The van der Waals surface area contributed by atoms with Crippen molar-refractivity contribution >= 4 is 11.7 Å². The number of halogens is 1. The molecule has 2 N–H and O–H groups in total. The van der Waals surface area contributed by atoms with Crippen LogP contribution in [0.15, 0.2) is 18.2 Å². The summed E-state index contributed by atoms with van der Waals surface area (Å²) in [5.41, 5.74) is 0.832. The highest BCUT2D eigenvalue weighted by molar-refractivity contribution is 5.90. The molecule has 21 heavy (non-hydrogen) atoms. The van der Waals surface area contributed by atoms with E-state index in [1.54, 1.807) is 4.90 Å². The average Bonchev–Trinajstić information content (AvgIpc) is 2.76. The van der Waals surface area contributed by atoms with Gasteiger partial charge < -0.3 is 15.3 Å². The van der Waals surface area contributed by atoms with Gasteiger partial charge in [-0.05, 0) is 31.0 Å². The van der Waals surface area contributed by atoms with Gasteiger partial charge in [-0.25, -0.2) is 9.18 Å². The molecule has 0 saturated carbocycles. The normalized spacial score (nSPS) is 14.9. The van der Waals surface area contributed by atoms with E-state index in [0.717, 1.165) is 38.8 Å². The van der Waals surface area contributed by atoms with Crippen LogP contribution in [-0.4, -0.2) is 35.7 Å². The Morgan fingerprint density at radius 1 is 1.29 bits per heavy atom. The molecule has 2 amide bonds. The summed E-state index contributed by atoms with van der Waals surface area (Å²) >= 11 is 0. The van der Waals surface area contributed by atoms with Gasteiger partial charge in [0.05, 0.1) is 11.3 Å². The summed E-state index contributed by atoms with van der Waals surface area (Å²) in [5, 5.41) is 11.5. The maximum Gasteiger partial charge on any atom is 0.321 e. The summed E-state index contributed by atoms with van der Waals surface area (Å²) in [4.78, 5) is 14.0. The Hall–Kier alpha value is -2.06. The van der Waals surface area contributed by atoms with E-state index in [4.69, 9.17) is 5.11 Å². The van der Waals surface area contributed by atoms with Crippen molar-refractivity contribution in [3.05, 3.63) is 29.6 Å². The number of hydrogen-bond acceptors (Lipinski definition) is 2. The van der Waals surface area contributed by atoms with E-state index >= 15 is 0 Å². The minimum Gasteiger partial charge on any atom is -0.384 e. The highest BCUT2D eigenvalue weighted by Crippen LogP contribution is 2.18. The summed E-state index contributed by atoms with van der Waals surface area (Å²) in [6, 6.07) is 3.84. The first-order valence-electron chi connectivity index (χ1n) is 7.16. The van der Waals surface area contributed by atoms with E-state index < -0.39 is 5.82 Å². The lowest BCUT2D eigenvalue weighted by atomic mass is 10.1. The highest BCUT2D eigenvalue weighted by atomic mass is 19.1. The van der Waals surface area contributed by atoms with Crippen LogP contribution in [0.5, 0.6) is 0 Å². The van der Waals surface area contributed by atoms with Gasteiger partial charge in [-0.2, -0.15) is 0 Å². The topological polar surface area (TPSA) is 52.6 Å². The van der Waals surface area contributed by atoms with Crippen LogP contribution in [0.25, 0.3) is 0 Å². The Balaban J connectivity index is 2.12. The van der Waals surface area contributed by atoms with Crippen molar-refractivity contribution < 1.29 is 14.3 Å². The predicted molar refractivity (Wildman–Crippen MR) is 79.4 cm³/mol. The fraction of sp³-hybridized carbons (Fsp3) is 0.438. The molecule has 0 radical (unpaired) electrons. The van der Waals surface area contributed by atoms with Crippen molar-refractivity contribution in [1.29, 1.82) is 0 Å². The maximum absolute atomic E-state index is 13.3. The molecule has 0 bridgehead atoms. The molecule has 1 fully saturated rings. The van der Waals surface area contributed by atoms with Gasteiger partial charge in [0.15, 0.2) is 0 Å². The molecule has 4 nitrogen and oxygen atoms in total. The van der Waals surface area contributed by atoms with E-state index in [0.29, 0.717) is 11.3 Å². The van der Waals surface area contributed by atoms with Crippen molar-refractivity contribution in [3.63, 3.8) is 0 Å². The van der Waals surface area contributed by atoms with Crippen LogP contribution in [0.1, 0.15) is 31.2 Å². The summed E-state index contributed by atoms with van der Waals surface area (Å²) < 4.78 is 13.3. The van der Waals surface area contributed by atoms with Crippen molar-refractivity contribution in [1.82, 2.24) is 4.90 Å².